The Morgan fingerprint density at radius 1 is 1.38 bits per heavy atom. The van der Waals surface area contributed by atoms with E-state index in [2.05, 4.69) is 0 Å². The van der Waals surface area contributed by atoms with E-state index in [0.29, 0.717) is 31.0 Å². The van der Waals surface area contributed by atoms with Crippen LogP contribution in [0.5, 0.6) is 11.5 Å². The number of aliphatic carboxylic acids is 1. The van der Waals surface area contributed by atoms with Gasteiger partial charge in [-0.3, -0.25) is 9.59 Å². The molecule has 1 aliphatic carbocycles. The number of likely N-dealkylation sites (tertiary alicyclic amines) is 1. The predicted molar refractivity (Wildman–Crippen MR) is 94.3 cm³/mol. The minimum absolute atomic E-state index is 0.0639. The van der Waals surface area contributed by atoms with Gasteiger partial charge in [0.25, 0.3) is 5.91 Å². The van der Waals surface area contributed by atoms with E-state index in [0.717, 1.165) is 24.8 Å². The van der Waals surface area contributed by atoms with Gasteiger partial charge in [-0.2, -0.15) is 0 Å². The van der Waals surface area contributed by atoms with Crippen LogP contribution >= 0.6 is 0 Å². The second-order valence-corrected chi connectivity index (χ2v) is 8.40. The monoisotopic (exact) mass is 359 g/mol. The standard InChI is InChI=1S/C20H25NO5/c1-19(2)9-13-5-3-7-15(17(13)26-19)25-11-16(22)21-10-14-6-4-8-20(14,12-21)18(23)24/h3,5,7,14H,4,6,8-12H2,1-2H3,(H,23,24)/t14-,20+/m0/s1. The molecule has 0 spiro atoms. The predicted octanol–water partition coefficient (Wildman–Crippen LogP) is 2.49. The van der Waals surface area contributed by atoms with Crippen LogP contribution in [-0.2, 0) is 16.0 Å². The van der Waals surface area contributed by atoms with Crippen molar-refractivity contribution in [3.8, 4) is 11.5 Å². The Balaban J connectivity index is 1.42. The molecule has 1 saturated heterocycles. The SMILES string of the molecule is CC1(C)Cc2cccc(OCC(=O)N3C[C@@H]4CCC[C@@]4(C(=O)O)C3)c2O1. The Kier molecular flexibility index (Phi) is 3.90. The van der Waals surface area contributed by atoms with Crippen molar-refractivity contribution in [2.24, 2.45) is 11.3 Å². The molecule has 6 nitrogen and oxygen atoms in total. The summed E-state index contributed by atoms with van der Waals surface area (Å²) >= 11 is 0. The minimum atomic E-state index is -0.771. The van der Waals surface area contributed by atoms with Crippen molar-refractivity contribution in [3.05, 3.63) is 23.8 Å². The van der Waals surface area contributed by atoms with Gasteiger partial charge in [-0.25, -0.2) is 0 Å². The van der Waals surface area contributed by atoms with E-state index in [1.54, 1.807) is 4.90 Å². The van der Waals surface area contributed by atoms with Crippen LogP contribution in [0.25, 0.3) is 0 Å². The Hall–Kier alpha value is -2.24. The van der Waals surface area contributed by atoms with Crippen molar-refractivity contribution in [2.75, 3.05) is 19.7 Å². The molecule has 4 rings (SSSR count). The molecule has 1 aromatic rings. The summed E-state index contributed by atoms with van der Waals surface area (Å²) in [5.41, 5.74) is 0.0588. The van der Waals surface area contributed by atoms with Gasteiger partial charge >= 0.3 is 5.97 Å². The first-order valence-electron chi connectivity index (χ1n) is 9.26. The van der Waals surface area contributed by atoms with Gasteiger partial charge in [0.05, 0.1) is 5.41 Å². The van der Waals surface area contributed by atoms with Gasteiger partial charge in [-0.05, 0) is 38.7 Å². The van der Waals surface area contributed by atoms with Crippen molar-refractivity contribution in [1.82, 2.24) is 4.90 Å². The number of hydrogen-bond acceptors (Lipinski definition) is 4. The molecular weight excluding hydrogens is 334 g/mol. The highest BCUT2D eigenvalue weighted by Gasteiger charge is 2.55. The van der Waals surface area contributed by atoms with E-state index in [4.69, 9.17) is 9.47 Å². The third-order valence-corrected chi connectivity index (χ3v) is 6.06. The first-order valence-corrected chi connectivity index (χ1v) is 9.26. The number of carboxylic acids is 1. The Morgan fingerprint density at radius 3 is 2.92 bits per heavy atom. The zero-order valence-corrected chi connectivity index (χ0v) is 15.3. The van der Waals surface area contributed by atoms with Crippen molar-refractivity contribution < 1.29 is 24.2 Å². The number of amides is 1. The lowest BCUT2D eigenvalue weighted by atomic mass is 9.81. The van der Waals surface area contributed by atoms with Gasteiger partial charge < -0.3 is 19.5 Å². The van der Waals surface area contributed by atoms with Crippen LogP contribution in [-0.4, -0.2) is 47.2 Å². The second-order valence-electron chi connectivity index (χ2n) is 8.40. The van der Waals surface area contributed by atoms with E-state index in [-0.39, 0.29) is 24.0 Å². The number of benzene rings is 1. The van der Waals surface area contributed by atoms with Gasteiger partial charge in [0, 0.05) is 25.1 Å². The van der Waals surface area contributed by atoms with Crippen molar-refractivity contribution >= 4 is 11.9 Å². The molecule has 1 amide bonds. The molecule has 0 unspecified atom stereocenters. The highest BCUT2D eigenvalue weighted by molar-refractivity contribution is 5.82. The van der Waals surface area contributed by atoms with Crippen molar-refractivity contribution in [3.63, 3.8) is 0 Å². The second kappa shape index (κ2) is 5.89. The van der Waals surface area contributed by atoms with E-state index in [1.165, 1.54) is 0 Å². The van der Waals surface area contributed by atoms with Gasteiger partial charge in [-0.15, -0.1) is 0 Å². The topological polar surface area (TPSA) is 76.1 Å². The lowest BCUT2D eigenvalue weighted by Crippen LogP contribution is -2.38. The number of carboxylic acid groups (broad SMARTS) is 1. The fraction of sp³-hybridized carbons (Fsp3) is 0.600. The molecule has 26 heavy (non-hydrogen) atoms. The minimum Gasteiger partial charge on any atom is -0.483 e. The molecule has 6 heteroatoms. The Morgan fingerprint density at radius 2 is 2.19 bits per heavy atom. The van der Waals surface area contributed by atoms with Crippen LogP contribution in [0.1, 0.15) is 38.7 Å². The van der Waals surface area contributed by atoms with Crippen molar-refractivity contribution in [1.29, 1.82) is 0 Å². The van der Waals surface area contributed by atoms with E-state index in [1.807, 2.05) is 32.0 Å². The van der Waals surface area contributed by atoms with Gasteiger partial charge in [-0.1, -0.05) is 18.6 Å². The fourth-order valence-electron chi connectivity index (χ4n) is 4.76. The number of ether oxygens (including phenoxy) is 2. The summed E-state index contributed by atoms with van der Waals surface area (Å²) in [5, 5.41) is 9.65. The first kappa shape index (κ1) is 17.2. The number of hydrogen-bond donors (Lipinski definition) is 1. The average molecular weight is 359 g/mol. The van der Waals surface area contributed by atoms with Crippen LogP contribution in [0.4, 0.5) is 0 Å². The number of rotatable bonds is 4. The summed E-state index contributed by atoms with van der Waals surface area (Å²) in [6.45, 7) is 4.77. The third-order valence-electron chi connectivity index (χ3n) is 6.06. The molecule has 0 bridgehead atoms. The van der Waals surface area contributed by atoms with Crippen LogP contribution in [0, 0.1) is 11.3 Å². The van der Waals surface area contributed by atoms with Gasteiger partial charge in [0.15, 0.2) is 18.1 Å². The number of nitrogens with zero attached hydrogens (tertiary/aromatic N) is 1. The molecule has 140 valence electrons. The summed E-state index contributed by atoms with van der Waals surface area (Å²) < 4.78 is 11.7. The smallest absolute Gasteiger partial charge is 0.311 e. The lowest BCUT2D eigenvalue weighted by Gasteiger charge is -2.23. The molecule has 0 radical (unpaired) electrons. The Labute approximate surface area is 153 Å². The molecule has 0 aromatic heterocycles. The highest BCUT2D eigenvalue weighted by Crippen LogP contribution is 2.49. The van der Waals surface area contributed by atoms with Crippen LogP contribution in [0.2, 0.25) is 0 Å². The molecule has 1 N–H and O–H groups in total. The lowest BCUT2D eigenvalue weighted by molar-refractivity contribution is -0.149. The summed E-state index contributed by atoms with van der Waals surface area (Å²) in [6, 6.07) is 5.73. The number of fused-ring (bicyclic) bond motifs is 2. The van der Waals surface area contributed by atoms with E-state index in [9.17, 15) is 14.7 Å². The molecule has 2 fully saturated rings. The average Bonchev–Trinajstić information content (AvgIpc) is 3.21. The zero-order valence-electron chi connectivity index (χ0n) is 15.3. The number of carbonyl (C=O) groups is 2. The third kappa shape index (κ3) is 2.72. The Bertz CT molecular complexity index is 759. The largest absolute Gasteiger partial charge is 0.483 e. The molecular formula is C20H25NO5. The molecule has 2 aliphatic heterocycles. The summed E-state index contributed by atoms with van der Waals surface area (Å²) in [4.78, 5) is 26.0. The van der Waals surface area contributed by atoms with E-state index < -0.39 is 11.4 Å². The van der Waals surface area contributed by atoms with Gasteiger partial charge in [0.1, 0.15) is 5.60 Å². The molecule has 1 aromatic carbocycles. The number of para-hydroxylation sites is 1. The van der Waals surface area contributed by atoms with Crippen LogP contribution in [0.3, 0.4) is 0 Å². The van der Waals surface area contributed by atoms with Crippen LogP contribution < -0.4 is 9.47 Å². The molecule has 2 atom stereocenters. The van der Waals surface area contributed by atoms with Crippen LogP contribution in [0.15, 0.2) is 18.2 Å². The molecule has 1 saturated carbocycles. The normalized spacial score (nSPS) is 28.4. The van der Waals surface area contributed by atoms with Gasteiger partial charge in [0.2, 0.25) is 0 Å². The fourth-order valence-corrected chi connectivity index (χ4v) is 4.76. The summed E-state index contributed by atoms with van der Waals surface area (Å²) in [5.74, 6) is 0.427. The summed E-state index contributed by atoms with van der Waals surface area (Å²) in [6.07, 6.45) is 3.28. The maximum Gasteiger partial charge on any atom is 0.311 e. The van der Waals surface area contributed by atoms with E-state index >= 15 is 0 Å². The summed E-state index contributed by atoms with van der Waals surface area (Å²) in [7, 11) is 0. The highest BCUT2D eigenvalue weighted by atomic mass is 16.5. The maximum absolute atomic E-state index is 12.6. The maximum atomic E-state index is 12.6. The quantitative estimate of drug-likeness (QED) is 0.894. The number of carbonyl (C=O) groups excluding carboxylic acids is 1. The molecule has 3 aliphatic rings. The van der Waals surface area contributed by atoms with Crippen molar-refractivity contribution in [2.45, 2.75) is 45.1 Å². The first-order chi connectivity index (χ1) is 12.3. The zero-order chi connectivity index (χ0) is 18.5. The molecule has 2 heterocycles.